The van der Waals surface area contributed by atoms with Crippen LogP contribution in [0.15, 0.2) is 77.8 Å². The molecule has 180 valence electrons. The molecule has 1 aliphatic rings. The number of nitrogens with one attached hydrogen (secondary N) is 1. The third-order valence-corrected chi connectivity index (χ3v) is 6.60. The first kappa shape index (κ1) is 23.4. The van der Waals surface area contributed by atoms with Crippen LogP contribution in [-0.2, 0) is 11.2 Å². The summed E-state index contributed by atoms with van der Waals surface area (Å²) in [6.45, 7) is 0. The summed E-state index contributed by atoms with van der Waals surface area (Å²) in [7, 11) is 1.61. The normalized spacial score (nSPS) is 11.6. The van der Waals surface area contributed by atoms with Crippen molar-refractivity contribution in [3.63, 3.8) is 0 Å². The van der Waals surface area contributed by atoms with Crippen molar-refractivity contribution in [2.75, 3.05) is 18.2 Å². The van der Waals surface area contributed by atoms with Crippen LogP contribution in [0.25, 0.3) is 11.4 Å². The maximum absolute atomic E-state index is 12.7. The average molecular weight is 500 g/mol. The van der Waals surface area contributed by atoms with Crippen LogP contribution < -0.4 is 14.8 Å². The molecule has 0 radical (unpaired) electrons. The molecule has 0 atom stereocenters. The van der Waals surface area contributed by atoms with Gasteiger partial charge in [-0.1, -0.05) is 30.0 Å². The summed E-state index contributed by atoms with van der Waals surface area (Å²) in [5, 5.41) is 12.5. The van der Waals surface area contributed by atoms with Crippen molar-refractivity contribution in [3.8, 4) is 28.8 Å². The lowest BCUT2D eigenvalue weighted by Gasteiger charge is -2.21. The van der Waals surface area contributed by atoms with Crippen molar-refractivity contribution >= 4 is 29.3 Å². The van der Waals surface area contributed by atoms with Gasteiger partial charge in [0.15, 0.2) is 5.82 Å². The number of anilines is 1. The number of rotatable bonds is 7. The number of carboxylic acid groups (broad SMARTS) is 1. The third-order valence-electron chi connectivity index (χ3n) is 5.58. The Morgan fingerprint density at radius 2 is 1.78 bits per heavy atom. The third kappa shape index (κ3) is 5.01. The van der Waals surface area contributed by atoms with Gasteiger partial charge in [0, 0.05) is 17.7 Å². The van der Waals surface area contributed by atoms with E-state index in [2.05, 4.69) is 10.3 Å². The predicted octanol–water partition coefficient (Wildman–Crippen LogP) is 5.28. The van der Waals surface area contributed by atoms with Crippen LogP contribution in [0, 0.1) is 0 Å². The van der Waals surface area contributed by atoms with E-state index in [9.17, 15) is 9.59 Å². The number of aromatic nitrogens is 2. The van der Waals surface area contributed by atoms with Gasteiger partial charge < -0.3 is 19.9 Å². The van der Waals surface area contributed by atoms with Crippen LogP contribution in [0.4, 0.5) is 5.69 Å². The number of hydrogen-bond acceptors (Lipinski definition) is 7. The number of aromatic carboxylic acids is 1. The van der Waals surface area contributed by atoms with E-state index in [-0.39, 0.29) is 17.2 Å². The zero-order valence-electron chi connectivity index (χ0n) is 19.2. The first-order valence-electron chi connectivity index (χ1n) is 11.1. The summed E-state index contributed by atoms with van der Waals surface area (Å²) in [6.07, 6.45) is 0.592. The molecule has 0 saturated carbocycles. The molecule has 0 bridgehead atoms. The van der Waals surface area contributed by atoms with Crippen LogP contribution in [0.2, 0.25) is 0 Å². The topological polar surface area (TPSA) is 111 Å². The molecule has 1 aliphatic heterocycles. The highest BCUT2D eigenvalue weighted by molar-refractivity contribution is 8.00. The van der Waals surface area contributed by atoms with Crippen LogP contribution >= 0.6 is 11.8 Å². The Labute approximate surface area is 211 Å². The molecule has 1 aromatic heterocycles. The molecule has 9 heteroatoms. The molecule has 0 aliphatic carbocycles. The number of methoxy groups -OCH3 is 1. The van der Waals surface area contributed by atoms with Gasteiger partial charge in [0.2, 0.25) is 11.8 Å². The van der Waals surface area contributed by atoms with Crippen molar-refractivity contribution in [2.24, 2.45) is 0 Å². The number of para-hydroxylation sites is 1. The quantitative estimate of drug-likeness (QED) is 0.230. The monoisotopic (exact) mass is 499 g/mol. The summed E-state index contributed by atoms with van der Waals surface area (Å²) in [5.74, 6) is 1.29. The van der Waals surface area contributed by atoms with Crippen LogP contribution in [-0.4, -0.2) is 39.8 Å². The lowest BCUT2D eigenvalue weighted by atomic mass is 10.0. The van der Waals surface area contributed by atoms with E-state index in [0.717, 1.165) is 28.2 Å². The Kier molecular flexibility index (Phi) is 6.55. The van der Waals surface area contributed by atoms with E-state index in [0.29, 0.717) is 28.8 Å². The largest absolute Gasteiger partial charge is 0.497 e. The Balaban J connectivity index is 1.40. The Morgan fingerprint density at radius 1 is 1.03 bits per heavy atom. The molecule has 0 unspecified atom stereocenters. The van der Waals surface area contributed by atoms with E-state index in [1.165, 1.54) is 23.9 Å². The highest BCUT2D eigenvalue weighted by Crippen LogP contribution is 2.40. The minimum absolute atomic E-state index is 0.105. The summed E-state index contributed by atoms with van der Waals surface area (Å²) < 4.78 is 11.4. The average Bonchev–Trinajstić information content (AvgIpc) is 2.90. The number of fused-ring (bicyclic) bond motifs is 2. The molecule has 4 aromatic rings. The fourth-order valence-corrected chi connectivity index (χ4v) is 4.56. The van der Waals surface area contributed by atoms with Gasteiger partial charge in [-0.05, 0) is 60.2 Å². The maximum atomic E-state index is 12.7. The van der Waals surface area contributed by atoms with Gasteiger partial charge >= 0.3 is 5.97 Å². The summed E-state index contributed by atoms with van der Waals surface area (Å²) in [4.78, 5) is 33.2. The van der Waals surface area contributed by atoms with Gasteiger partial charge in [0.1, 0.15) is 16.5 Å². The van der Waals surface area contributed by atoms with Crippen molar-refractivity contribution in [3.05, 3.63) is 89.5 Å². The van der Waals surface area contributed by atoms with E-state index < -0.39 is 5.97 Å². The molecule has 3 aromatic carbocycles. The zero-order chi connectivity index (χ0) is 25.1. The first-order chi connectivity index (χ1) is 17.5. The Morgan fingerprint density at radius 3 is 2.50 bits per heavy atom. The van der Waals surface area contributed by atoms with Crippen LogP contribution in [0.3, 0.4) is 0 Å². The second-order valence-electron chi connectivity index (χ2n) is 7.97. The SMILES string of the molecule is COc1ccc(-c2nc3c(c(SCC(=O)Nc4ccc(C(=O)O)cc4)n2)Cc2ccccc2O3)cc1. The zero-order valence-corrected chi connectivity index (χ0v) is 20.0. The molecule has 8 nitrogen and oxygen atoms in total. The Bertz CT molecular complexity index is 1440. The van der Waals surface area contributed by atoms with E-state index in [1.54, 1.807) is 19.2 Å². The summed E-state index contributed by atoms with van der Waals surface area (Å²) >= 11 is 1.30. The standard InChI is InChI=1S/C27H21N3O5S/c1-34-20-12-8-16(9-13-20)24-29-25-21(14-18-4-2-3-5-22(18)35-25)26(30-24)36-15-23(31)28-19-10-6-17(7-11-19)27(32)33/h2-13H,14-15H2,1H3,(H,28,31)(H,32,33). The van der Waals surface area contributed by atoms with Gasteiger partial charge in [0.05, 0.1) is 24.0 Å². The van der Waals surface area contributed by atoms with E-state index in [4.69, 9.17) is 19.6 Å². The van der Waals surface area contributed by atoms with Gasteiger partial charge in [-0.25, -0.2) is 9.78 Å². The Hall–Kier alpha value is -4.37. The van der Waals surface area contributed by atoms with Crippen molar-refractivity contribution < 1.29 is 24.2 Å². The molecule has 0 spiro atoms. The van der Waals surface area contributed by atoms with Crippen molar-refractivity contribution in [1.29, 1.82) is 0 Å². The molecule has 0 saturated heterocycles. The number of carbonyl (C=O) groups excluding carboxylic acids is 1. The summed E-state index contributed by atoms with van der Waals surface area (Å²) in [5.41, 5.74) is 3.32. The fourth-order valence-electron chi connectivity index (χ4n) is 3.74. The van der Waals surface area contributed by atoms with Crippen LogP contribution in [0.1, 0.15) is 21.5 Å². The number of ether oxygens (including phenoxy) is 2. The highest BCUT2D eigenvalue weighted by Gasteiger charge is 2.24. The van der Waals surface area contributed by atoms with E-state index in [1.807, 2.05) is 48.5 Å². The lowest BCUT2D eigenvalue weighted by Crippen LogP contribution is -2.15. The first-order valence-corrected chi connectivity index (χ1v) is 12.1. The van der Waals surface area contributed by atoms with Crippen molar-refractivity contribution in [1.82, 2.24) is 9.97 Å². The van der Waals surface area contributed by atoms with E-state index >= 15 is 0 Å². The maximum Gasteiger partial charge on any atom is 0.335 e. The predicted molar refractivity (Wildman–Crippen MR) is 136 cm³/mol. The minimum Gasteiger partial charge on any atom is -0.497 e. The van der Waals surface area contributed by atoms with Crippen molar-refractivity contribution in [2.45, 2.75) is 11.4 Å². The lowest BCUT2D eigenvalue weighted by molar-refractivity contribution is -0.113. The minimum atomic E-state index is -1.02. The molecule has 2 heterocycles. The number of carbonyl (C=O) groups is 2. The number of benzene rings is 3. The van der Waals surface area contributed by atoms with Gasteiger partial charge in [0.25, 0.3) is 0 Å². The smallest absolute Gasteiger partial charge is 0.335 e. The van der Waals surface area contributed by atoms with Crippen LogP contribution in [0.5, 0.6) is 17.4 Å². The second-order valence-corrected chi connectivity index (χ2v) is 8.93. The highest BCUT2D eigenvalue weighted by atomic mass is 32.2. The number of amides is 1. The number of nitrogens with zero attached hydrogens (tertiary/aromatic N) is 2. The molecule has 2 N–H and O–H groups in total. The number of hydrogen-bond donors (Lipinski definition) is 2. The molecular formula is C27H21N3O5S. The molecular weight excluding hydrogens is 478 g/mol. The summed E-state index contributed by atoms with van der Waals surface area (Å²) in [6, 6.07) is 21.2. The number of carboxylic acids is 1. The molecule has 0 fully saturated rings. The molecule has 1 amide bonds. The van der Waals surface area contributed by atoms with Gasteiger partial charge in [-0.3, -0.25) is 4.79 Å². The van der Waals surface area contributed by atoms with Gasteiger partial charge in [-0.15, -0.1) is 0 Å². The number of thioether (sulfide) groups is 1. The fraction of sp³-hybridized carbons (Fsp3) is 0.111. The second kappa shape index (κ2) is 10.1. The molecule has 36 heavy (non-hydrogen) atoms. The van der Waals surface area contributed by atoms with Gasteiger partial charge in [-0.2, -0.15) is 4.98 Å². The molecule has 5 rings (SSSR count).